The summed E-state index contributed by atoms with van der Waals surface area (Å²) in [7, 11) is 0. The number of hydrogen-bond donors (Lipinski definition) is 1. The Morgan fingerprint density at radius 3 is 2.57 bits per heavy atom. The molecule has 8 atom stereocenters. The van der Waals surface area contributed by atoms with Crippen LogP contribution >= 0.6 is 27.7 Å². The fourth-order valence-corrected chi connectivity index (χ4v) is 9.56. The van der Waals surface area contributed by atoms with Gasteiger partial charge in [0.05, 0.1) is 35.8 Å². The predicted octanol–water partition coefficient (Wildman–Crippen LogP) is 3.40. The highest BCUT2D eigenvalue weighted by Gasteiger charge is 2.76. The van der Waals surface area contributed by atoms with Gasteiger partial charge in [0.25, 0.3) is 0 Å². The van der Waals surface area contributed by atoms with E-state index >= 15 is 0 Å². The molecule has 1 N–H and O–H groups in total. The van der Waals surface area contributed by atoms with Crippen LogP contribution in [0, 0.1) is 17.8 Å². The molecule has 9 heteroatoms. The lowest BCUT2D eigenvalue weighted by Crippen LogP contribution is -2.59. The molecule has 0 aromatic carbocycles. The summed E-state index contributed by atoms with van der Waals surface area (Å²) in [4.78, 5) is 45.0. The minimum absolute atomic E-state index is 0.0126. The van der Waals surface area contributed by atoms with E-state index in [1.54, 1.807) is 33.7 Å². The Bertz CT molecular complexity index is 854. The normalized spacial score (nSPS) is 32.9. The highest BCUT2D eigenvalue weighted by Crippen LogP contribution is 2.68. The van der Waals surface area contributed by atoms with Gasteiger partial charge in [-0.05, 0) is 32.6 Å². The van der Waals surface area contributed by atoms with Crippen molar-refractivity contribution in [3.63, 3.8) is 0 Å². The van der Waals surface area contributed by atoms with E-state index in [1.165, 1.54) is 0 Å². The van der Waals surface area contributed by atoms with Crippen molar-refractivity contribution in [3.8, 4) is 0 Å². The smallest absolute Gasteiger partial charge is 0.310 e. The molecule has 3 saturated heterocycles. The van der Waals surface area contributed by atoms with Gasteiger partial charge in [0.2, 0.25) is 11.8 Å². The monoisotopic (exact) mass is 570 g/mol. The molecule has 0 saturated carbocycles. The molecule has 0 radical (unpaired) electrons. The van der Waals surface area contributed by atoms with Crippen molar-refractivity contribution in [2.75, 3.05) is 19.8 Å². The first-order chi connectivity index (χ1) is 16.6. The topological polar surface area (TPSA) is 87.1 Å². The maximum atomic E-state index is 14.2. The third kappa shape index (κ3) is 4.73. The van der Waals surface area contributed by atoms with E-state index in [2.05, 4.69) is 29.1 Å². The number of alkyl halides is 1. The van der Waals surface area contributed by atoms with Crippen molar-refractivity contribution in [2.24, 2.45) is 17.8 Å². The number of hydrogen-bond acceptors (Lipinski definition) is 6. The summed E-state index contributed by atoms with van der Waals surface area (Å²) in [5.41, 5.74) is 0. The van der Waals surface area contributed by atoms with Crippen LogP contribution in [0.2, 0.25) is 0 Å². The SMILES string of the molecule is C=CCCOC(=O)[C@H]1[C@H]2C(=O)N([C@@H](CO)[C@@H](C)CC)C(C(=O)N(CC=C)C(C)C)C23CC(Br)[C@@H]1S3. The predicted molar refractivity (Wildman–Crippen MR) is 142 cm³/mol. The summed E-state index contributed by atoms with van der Waals surface area (Å²) in [6, 6.07) is -1.37. The molecular formula is C26H39BrN2O5S. The molecule has 0 aromatic heterocycles. The van der Waals surface area contributed by atoms with Crippen LogP contribution in [0.4, 0.5) is 0 Å². The van der Waals surface area contributed by atoms with Crippen LogP contribution < -0.4 is 0 Å². The zero-order chi connectivity index (χ0) is 26.1. The van der Waals surface area contributed by atoms with Crippen molar-refractivity contribution >= 4 is 45.5 Å². The first-order valence-corrected chi connectivity index (χ1v) is 14.3. The molecule has 3 rings (SSSR count). The molecule has 7 nitrogen and oxygen atoms in total. The Morgan fingerprint density at radius 1 is 1.34 bits per heavy atom. The molecule has 196 valence electrons. The average molecular weight is 572 g/mol. The van der Waals surface area contributed by atoms with Gasteiger partial charge in [-0.2, -0.15) is 0 Å². The largest absolute Gasteiger partial charge is 0.465 e. The number of esters is 1. The van der Waals surface area contributed by atoms with Gasteiger partial charge in [0.1, 0.15) is 6.04 Å². The van der Waals surface area contributed by atoms with Crippen molar-refractivity contribution in [1.82, 2.24) is 9.80 Å². The van der Waals surface area contributed by atoms with Crippen LogP contribution in [0.3, 0.4) is 0 Å². The highest BCUT2D eigenvalue weighted by molar-refractivity contribution is 9.09. The van der Waals surface area contributed by atoms with Crippen LogP contribution in [0.1, 0.15) is 47.0 Å². The van der Waals surface area contributed by atoms with E-state index in [0.717, 1.165) is 6.42 Å². The van der Waals surface area contributed by atoms with Crippen molar-refractivity contribution < 1.29 is 24.2 Å². The van der Waals surface area contributed by atoms with Crippen molar-refractivity contribution in [2.45, 2.75) is 79.9 Å². The second-order valence-corrected chi connectivity index (χ2v) is 12.9. The van der Waals surface area contributed by atoms with Gasteiger partial charge in [-0.15, -0.1) is 24.9 Å². The second-order valence-electron chi connectivity index (χ2n) is 10.2. The minimum atomic E-state index is -0.769. The first kappa shape index (κ1) is 28.3. The van der Waals surface area contributed by atoms with E-state index in [9.17, 15) is 19.5 Å². The summed E-state index contributed by atoms with van der Waals surface area (Å²) < 4.78 is 4.80. The lowest BCUT2D eigenvalue weighted by molar-refractivity contribution is -0.154. The summed E-state index contributed by atoms with van der Waals surface area (Å²) in [5.74, 6) is -2.07. The number of aliphatic hydroxyl groups excluding tert-OH is 1. The number of aliphatic hydroxyl groups is 1. The van der Waals surface area contributed by atoms with Crippen LogP contribution in [-0.2, 0) is 19.1 Å². The third-order valence-electron chi connectivity index (χ3n) is 7.88. The Balaban J connectivity index is 2.11. The maximum Gasteiger partial charge on any atom is 0.310 e. The molecular weight excluding hydrogens is 532 g/mol. The van der Waals surface area contributed by atoms with Crippen LogP contribution in [0.15, 0.2) is 25.3 Å². The van der Waals surface area contributed by atoms with E-state index < -0.39 is 34.6 Å². The van der Waals surface area contributed by atoms with Gasteiger partial charge in [-0.1, -0.05) is 48.4 Å². The van der Waals surface area contributed by atoms with Gasteiger partial charge in [0.15, 0.2) is 0 Å². The summed E-state index contributed by atoms with van der Waals surface area (Å²) >= 11 is 5.35. The second kappa shape index (κ2) is 11.4. The van der Waals surface area contributed by atoms with Crippen molar-refractivity contribution in [3.05, 3.63) is 25.3 Å². The molecule has 35 heavy (non-hydrogen) atoms. The molecule has 3 aliphatic heterocycles. The van der Waals surface area contributed by atoms with Crippen LogP contribution in [-0.4, -0.2) is 85.4 Å². The zero-order valence-corrected chi connectivity index (χ0v) is 23.6. The fourth-order valence-electron chi connectivity index (χ4n) is 5.98. The number of rotatable bonds is 12. The maximum absolute atomic E-state index is 14.2. The van der Waals surface area contributed by atoms with Crippen LogP contribution in [0.25, 0.3) is 0 Å². The molecule has 3 heterocycles. The Hall–Kier alpha value is -1.32. The van der Waals surface area contributed by atoms with E-state index in [-0.39, 0.29) is 47.1 Å². The standard InChI is InChI=1S/C26H39BrN2O5S/c1-7-10-12-34-25(33)19-20-23(31)29(18(14-30)16(6)9-3)22(24(32)28(11-8-2)15(4)5)26(20)13-17(27)21(19)35-26/h7-8,15-22,30H,1-2,9-14H2,3-6H3/t16-,17?,18-,19-,20-,21-,22?,26?/m0/s1. The number of fused-ring (bicyclic) bond motifs is 1. The number of ether oxygens (including phenoxy) is 1. The Labute approximate surface area is 221 Å². The number of nitrogens with zero attached hydrogens (tertiary/aromatic N) is 2. The molecule has 0 aromatic rings. The molecule has 1 spiro atoms. The lowest BCUT2D eigenvalue weighted by Gasteiger charge is -2.42. The summed E-state index contributed by atoms with van der Waals surface area (Å²) in [6.45, 7) is 15.7. The lowest BCUT2D eigenvalue weighted by atomic mass is 9.71. The zero-order valence-electron chi connectivity index (χ0n) is 21.2. The fraction of sp³-hybridized carbons (Fsp3) is 0.731. The molecule has 3 aliphatic rings. The molecule has 2 amide bonds. The van der Waals surface area contributed by atoms with E-state index in [4.69, 9.17) is 4.74 Å². The molecule has 3 fully saturated rings. The van der Waals surface area contributed by atoms with Gasteiger partial charge < -0.3 is 19.6 Å². The summed E-state index contributed by atoms with van der Waals surface area (Å²) in [6.07, 6.45) is 5.26. The Morgan fingerprint density at radius 2 is 2.03 bits per heavy atom. The molecule has 2 bridgehead atoms. The minimum Gasteiger partial charge on any atom is -0.465 e. The van der Waals surface area contributed by atoms with E-state index in [1.807, 2.05) is 27.7 Å². The first-order valence-electron chi connectivity index (χ1n) is 12.5. The summed E-state index contributed by atoms with van der Waals surface area (Å²) in [5, 5.41) is 10.3. The molecule has 3 unspecified atom stereocenters. The van der Waals surface area contributed by atoms with Gasteiger partial charge in [-0.25, -0.2) is 0 Å². The van der Waals surface area contributed by atoms with Gasteiger partial charge in [-0.3, -0.25) is 14.4 Å². The highest BCUT2D eigenvalue weighted by atomic mass is 79.9. The van der Waals surface area contributed by atoms with Crippen LogP contribution in [0.5, 0.6) is 0 Å². The quantitative estimate of drug-likeness (QED) is 0.167. The third-order valence-corrected chi connectivity index (χ3v) is 11.1. The van der Waals surface area contributed by atoms with Crippen molar-refractivity contribution in [1.29, 1.82) is 0 Å². The van der Waals surface area contributed by atoms with E-state index in [0.29, 0.717) is 19.4 Å². The number of halogens is 1. The number of carbonyl (C=O) groups excluding carboxylic acids is 3. The molecule has 0 aliphatic carbocycles. The number of amides is 2. The number of likely N-dealkylation sites (tertiary alicyclic amines) is 1. The van der Waals surface area contributed by atoms with Gasteiger partial charge in [0, 0.05) is 22.7 Å². The Kier molecular flexibility index (Phi) is 9.19. The van der Waals surface area contributed by atoms with Gasteiger partial charge >= 0.3 is 5.97 Å². The number of thioether (sulfide) groups is 1. The average Bonchev–Trinajstić information content (AvgIpc) is 3.41. The number of carbonyl (C=O) groups is 3.